The van der Waals surface area contributed by atoms with Gasteiger partial charge in [0.1, 0.15) is 22.9 Å². The molecule has 0 bridgehead atoms. The summed E-state index contributed by atoms with van der Waals surface area (Å²) >= 11 is 0. The summed E-state index contributed by atoms with van der Waals surface area (Å²) in [5.74, 6) is -2.60. The predicted molar refractivity (Wildman–Crippen MR) is 133 cm³/mol. The smallest absolute Gasteiger partial charge is 0.341 e. The zero-order chi connectivity index (χ0) is 26.6. The fourth-order valence-electron chi connectivity index (χ4n) is 3.89. The highest BCUT2D eigenvalue weighted by Gasteiger charge is 2.29. The van der Waals surface area contributed by atoms with Gasteiger partial charge in [0.05, 0.1) is 7.11 Å². The van der Waals surface area contributed by atoms with Crippen LogP contribution in [0.3, 0.4) is 0 Å². The lowest BCUT2D eigenvalue weighted by molar-refractivity contribution is -0.131. The number of rotatable bonds is 8. The van der Waals surface area contributed by atoms with Crippen molar-refractivity contribution in [2.75, 3.05) is 21.2 Å². The van der Waals surface area contributed by atoms with Crippen LogP contribution >= 0.6 is 0 Å². The van der Waals surface area contributed by atoms with Gasteiger partial charge in [-0.25, -0.2) is 9.18 Å². The largest absolute Gasteiger partial charge is 0.505 e. The normalized spacial score (nSPS) is 12.6. The standard InChI is InChI=1S/C27H30FN3O5/c1-6-15(2)22(26(34)31(3)4)30-25(33)20-13-21(27(35)36-5)24(32)23-19(20)12-17(14-29-23)11-16-7-9-18(28)10-8-16/h7-10,12-15,22,32H,6,11H2,1-5H3,(H,30,33)/t15-,22-/m0/s1. The second kappa shape index (κ2) is 11.2. The Morgan fingerprint density at radius 3 is 2.36 bits per heavy atom. The van der Waals surface area contributed by atoms with Gasteiger partial charge in [-0.2, -0.15) is 0 Å². The molecule has 0 radical (unpaired) electrons. The lowest BCUT2D eigenvalue weighted by Crippen LogP contribution is -2.49. The molecule has 0 saturated carbocycles. The highest BCUT2D eigenvalue weighted by atomic mass is 19.1. The Morgan fingerprint density at radius 1 is 1.11 bits per heavy atom. The van der Waals surface area contributed by atoms with Crippen molar-refractivity contribution < 1.29 is 28.6 Å². The van der Waals surface area contributed by atoms with Crippen LogP contribution in [-0.2, 0) is 16.0 Å². The van der Waals surface area contributed by atoms with Gasteiger partial charge in [-0.05, 0) is 47.7 Å². The van der Waals surface area contributed by atoms with E-state index < -0.39 is 23.7 Å². The summed E-state index contributed by atoms with van der Waals surface area (Å²) in [4.78, 5) is 44.4. The first-order valence-corrected chi connectivity index (χ1v) is 11.6. The van der Waals surface area contributed by atoms with E-state index in [2.05, 4.69) is 10.3 Å². The van der Waals surface area contributed by atoms with E-state index in [1.54, 1.807) is 32.3 Å². The first-order chi connectivity index (χ1) is 17.1. The highest BCUT2D eigenvalue weighted by Crippen LogP contribution is 2.32. The summed E-state index contributed by atoms with van der Waals surface area (Å²) in [7, 11) is 4.39. The summed E-state index contributed by atoms with van der Waals surface area (Å²) in [6, 6.07) is 8.15. The second-order valence-corrected chi connectivity index (χ2v) is 8.92. The average Bonchev–Trinajstić information content (AvgIpc) is 2.87. The minimum Gasteiger partial charge on any atom is -0.505 e. The van der Waals surface area contributed by atoms with E-state index in [-0.39, 0.29) is 34.3 Å². The van der Waals surface area contributed by atoms with Gasteiger partial charge in [-0.3, -0.25) is 14.6 Å². The van der Waals surface area contributed by atoms with Crippen LogP contribution in [0.5, 0.6) is 5.75 Å². The number of aromatic nitrogens is 1. The number of hydrogen-bond acceptors (Lipinski definition) is 6. The van der Waals surface area contributed by atoms with Crippen LogP contribution in [0.15, 0.2) is 42.6 Å². The molecule has 8 nitrogen and oxygen atoms in total. The molecule has 0 aliphatic carbocycles. The molecule has 3 aromatic rings. The number of amides is 2. The van der Waals surface area contributed by atoms with E-state index in [1.807, 2.05) is 13.8 Å². The molecule has 36 heavy (non-hydrogen) atoms. The Labute approximate surface area is 209 Å². The van der Waals surface area contributed by atoms with Crippen molar-refractivity contribution in [2.45, 2.75) is 32.7 Å². The third-order valence-corrected chi connectivity index (χ3v) is 6.18. The van der Waals surface area contributed by atoms with Gasteiger partial charge in [-0.1, -0.05) is 32.4 Å². The van der Waals surface area contributed by atoms with Crippen molar-refractivity contribution >= 4 is 28.7 Å². The Morgan fingerprint density at radius 2 is 1.78 bits per heavy atom. The number of nitrogens with one attached hydrogen (secondary N) is 1. The van der Waals surface area contributed by atoms with Gasteiger partial charge in [-0.15, -0.1) is 0 Å². The van der Waals surface area contributed by atoms with Crippen molar-refractivity contribution in [1.29, 1.82) is 0 Å². The van der Waals surface area contributed by atoms with Crippen molar-refractivity contribution in [3.05, 3.63) is 70.7 Å². The molecule has 2 atom stereocenters. The monoisotopic (exact) mass is 495 g/mol. The molecular weight excluding hydrogens is 465 g/mol. The molecule has 190 valence electrons. The van der Waals surface area contributed by atoms with Gasteiger partial charge >= 0.3 is 5.97 Å². The number of fused-ring (bicyclic) bond motifs is 1. The number of carbonyl (C=O) groups excluding carboxylic acids is 3. The van der Waals surface area contributed by atoms with Crippen LogP contribution in [0.2, 0.25) is 0 Å². The first-order valence-electron chi connectivity index (χ1n) is 11.6. The number of likely N-dealkylation sites (N-methyl/N-ethyl adjacent to an activating group) is 1. The Bertz CT molecular complexity index is 1290. The highest BCUT2D eigenvalue weighted by molar-refractivity contribution is 6.12. The van der Waals surface area contributed by atoms with Gasteiger partial charge in [0.2, 0.25) is 5.91 Å². The maximum absolute atomic E-state index is 13.5. The number of nitrogens with zero attached hydrogens (tertiary/aromatic N) is 2. The molecule has 0 unspecified atom stereocenters. The number of ether oxygens (including phenoxy) is 1. The van der Waals surface area contributed by atoms with Gasteiger partial charge < -0.3 is 20.1 Å². The predicted octanol–water partition coefficient (Wildman–Crippen LogP) is 3.69. The minimum absolute atomic E-state index is 0.0462. The molecule has 1 aromatic heterocycles. The molecule has 1 heterocycles. The maximum atomic E-state index is 13.5. The quantitative estimate of drug-likeness (QED) is 0.462. The van der Waals surface area contributed by atoms with Crippen LogP contribution in [0.4, 0.5) is 4.39 Å². The molecular formula is C27H30FN3O5. The molecule has 2 amide bonds. The molecule has 0 aliphatic rings. The Balaban J connectivity index is 2.12. The number of methoxy groups -OCH3 is 1. The van der Waals surface area contributed by atoms with Crippen LogP contribution in [-0.4, -0.2) is 60.0 Å². The maximum Gasteiger partial charge on any atom is 0.341 e. The number of hydrogen-bond donors (Lipinski definition) is 2. The summed E-state index contributed by atoms with van der Waals surface area (Å²) in [6.07, 6.45) is 2.57. The molecule has 0 saturated heterocycles. The number of carbonyl (C=O) groups is 3. The summed E-state index contributed by atoms with van der Waals surface area (Å²) in [5, 5.41) is 13.8. The zero-order valence-electron chi connectivity index (χ0n) is 21.0. The summed E-state index contributed by atoms with van der Waals surface area (Å²) in [5.41, 5.74) is 1.43. The van der Waals surface area contributed by atoms with E-state index in [0.29, 0.717) is 23.8 Å². The summed E-state index contributed by atoms with van der Waals surface area (Å²) < 4.78 is 18.1. The molecule has 0 fully saturated rings. The van der Waals surface area contributed by atoms with E-state index in [4.69, 9.17) is 4.74 Å². The molecule has 0 spiro atoms. The minimum atomic E-state index is -0.830. The van der Waals surface area contributed by atoms with Crippen molar-refractivity contribution in [1.82, 2.24) is 15.2 Å². The number of phenolic OH excluding ortho intramolecular Hbond substituents is 1. The van der Waals surface area contributed by atoms with Crippen molar-refractivity contribution in [3.8, 4) is 5.75 Å². The molecule has 9 heteroatoms. The number of pyridine rings is 1. The summed E-state index contributed by atoms with van der Waals surface area (Å²) in [6.45, 7) is 3.78. The second-order valence-electron chi connectivity index (χ2n) is 8.92. The number of aromatic hydroxyl groups is 1. The number of esters is 1. The van der Waals surface area contributed by atoms with Gasteiger partial charge in [0.15, 0.2) is 5.75 Å². The lowest BCUT2D eigenvalue weighted by Gasteiger charge is -2.26. The third kappa shape index (κ3) is 5.62. The van der Waals surface area contributed by atoms with Crippen molar-refractivity contribution in [3.63, 3.8) is 0 Å². The van der Waals surface area contributed by atoms with Gasteiger partial charge in [0, 0.05) is 31.2 Å². The molecule has 0 aliphatic heterocycles. The van der Waals surface area contributed by atoms with E-state index in [1.165, 1.54) is 36.4 Å². The lowest BCUT2D eigenvalue weighted by atomic mass is 9.96. The molecule has 2 N–H and O–H groups in total. The van der Waals surface area contributed by atoms with Crippen LogP contribution in [0, 0.1) is 11.7 Å². The fourth-order valence-corrected chi connectivity index (χ4v) is 3.89. The van der Waals surface area contributed by atoms with Crippen molar-refractivity contribution in [2.24, 2.45) is 5.92 Å². The zero-order valence-corrected chi connectivity index (χ0v) is 21.0. The number of halogens is 1. The molecule has 3 rings (SSSR count). The Kier molecular flexibility index (Phi) is 8.24. The number of phenols is 1. The van der Waals surface area contributed by atoms with E-state index in [0.717, 1.165) is 5.56 Å². The van der Waals surface area contributed by atoms with E-state index in [9.17, 15) is 23.9 Å². The van der Waals surface area contributed by atoms with Gasteiger partial charge in [0.25, 0.3) is 5.91 Å². The number of benzene rings is 2. The third-order valence-electron chi connectivity index (χ3n) is 6.18. The van der Waals surface area contributed by atoms with Crippen LogP contribution in [0.1, 0.15) is 52.1 Å². The Hall–Kier alpha value is -4.01. The SMILES string of the molecule is CC[C@H](C)[C@H](NC(=O)c1cc(C(=O)OC)c(O)c2ncc(Cc3ccc(F)cc3)cc12)C(=O)N(C)C. The molecule has 2 aromatic carbocycles. The van der Waals surface area contributed by atoms with E-state index >= 15 is 0 Å². The topological polar surface area (TPSA) is 109 Å². The fraction of sp³-hybridized carbons (Fsp3) is 0.333. The first kappa shape index (κ1) is 26.6. The van der Waals surface area contributed by atoms with Crippen LogP contribution < -0.4 is 5.32 Å². The average molecular weight is 496 g/mol. The van der Waals surface area contributed by atoms with Crippen LogP contribution in [0.25, 0.3) is 10.9 Å².